The first-order chi connectivity index (χ1) is 12.7. The molecule has 4 rings (SSSR count). The lowest BCUT2D eigenvalue weighted by molar-refractivity contribution is 0.174. The highest BCUT2D eigenvalue weighted by Crippen LogP contribution is 2.34. The number of ether oxygens (including phenoxy) is 2. The van der Waals surface area contributed by atoms with Crippen molar-refractivity contribution in [3.63, 3.8) is 0 Å². The molecule has 0 saturated carbocycles. The van der Waals surface area contributed by atoms with Crippen LogP contribution < -0.4 is 20.1 Å². The first kappa shape index (κ1) is 16.9. The zero-order chi connectivity index (χ0) is 17.9. The molecule has 1 aliphatic rings. The maximum atomic E-state index is 5.40. The number of anilines is 2. The van der Waals surface area contributed by atoms with Crippen LogP contribution in [0.1, 0.15) is 5.56 Å². The lowest BCUT2D eigenvalue weighted by Gasteiger charge is -2.12. The van der Waals surface area contributed by atoms with E-state index in [-0.39, 0.29) is 6.79 Å². The Balaban J connectivity index is 1.40. The Morgan fingerprint density at radius 2 is 1.92 bits per heavy atom. The second-order valence-corrected chi connectivity index (χ2v) is 7.03. The highest BCUT2D eigenvalue weighted by molar-refractivity contribution is 9.10. The summed E-state index contributed by atoms with van der Waals surface area (Å²) in [5.41, 5.74) is 2.87. The third-order valence-electron chi connectivity index (χ3n) is 3.76. The Kier molecular flexibility index (Phi) is 4.77. The van der Waals surface area contributed by atoms with Gasteiger partial charge in [0, 0.05) is 23.6 Å². The molecule has 0 amide bonds. The summed E-state index contributed by atoms with van der Waals surface area (Å²) in [4.78, 5) is 0. The van der Waals surface area contributed by atoms with Crippen LogP contribution in [0.5, 0.6) is 11.5 Å². The van der Waals surface area contributed by atoms with E-state index in [1.807, 2.05) is 47.3 Å². The highest BCUT2D eigenvalue weighted by atomic mass is 79.9. The molecule has 6 nitrogen and oxygen atoms in total. The quantitative estimate of drug-likeness (QED) is 0.603. The second-order valence-electron chi connectivity index (χ2n) is 5.70. The van der Waals surface area contributed by atoms with Crippen molar-refractivity contribution in [2.24, 2.45) is 0 Å². The SMILES string of the molecule is S=C(Nc1cccc(Cn2cc(Br)cn2)c1)Nc1ccc2c(c1)OCO2. The molecule has 0 bridgehead atoms. The minimum absolute atomic E-state index is 0.251. The van der Waals surface area contributed by atoms with Crippen molar-refractivity contribution < 1.29 is 9.47 Å². The van der Waals surface area contributed by atoms with Crippen molar-refractivity contribution in [1.29, 1.82) is 0 Å². The standard InChI is InChI=1S/C18H15BrN4O2S/c19-13-8-20-23(10-13)9-12-2-1-3-14(6-12)21-18(26)22-15-4-5-16-17(7-15)25-11-24-16/h1-8,10H,9,11H2,(H2,21,22,26). The molecule has 0 fully saturated rings. The van der Waals surface area contributed by atoms with E-state index in [4.69, 9.17) is 21.7 Å². The summed E-state index contributed by atoms with van der Waals surface area (Å²) in [6.45, 7) is 0.935. The average molecular weight is 431 g/mol. The number of hydrogen-bond acceptors (Lipinski definition) is 4. The van der Waals surface area contributed by atoms with Crippen LogP contribution in [0.3, 0.4) is 0 Å². The van der Waals surface area contributed by atoms with Crippen molar-refractivity contribution in [1.82, 2.24) is 9.78 Å². The fourth-order valence-electron chi connectivity index (χ4n) is 2.63. The Morgan fingerprint density at radius 3 is 2.73 bits per heavy atom. The van der Waals surface area contributed by atoms with Gasteiger partial charge in [-0.25, -0.2) is 0 Å². The predicted octanol–water partition coefficient (Wildman–Crippen LogP) is 4.23. The Bertz CT molecular complexity index is 960. The van der Waals surface area contributed by atoms with Gasteiger partial charge < -0.3 is 20.1 Å². The third kappa shape index (κ3) is 3.97. The van der Waals surface area contributed by atoms with Gasteiger partial charge >= 0.3 is 0 Å². The Hall–Kier alpha value is -2.58. The number of aromatic nitrogens is 2. The smallest absolute Gasteiger partial charge is 0.231 e. The summed E-state index contributed by atoms with van der Waals surface area (Å²) < 4.78 is 13.5. The van der Waals surface area contributed by atoms with E-state index in [0.717, 1.165) is 27.2 Å². The largest absolute Gasteiger partial charge is 0.454 e. The van der Waals surface area contributed by atoms with E-state index in [9.17, 15) is 0 Å². The number of halogens is 1. The number of benzene rings is 2. The number of fused-ring (bicyclic) bond motifs is 1. The molecule has 8 heteroatoms. The molecule has 2 N–H and O–H groups in total. The van der Waals surface area contributed by atoms with Gasteiger partial charge in [-0.15, -0.1) is 0 Å². The summed E-state index contributed by atoms with van der Waals surface area (Å²) >= 11 is 8.81. The van der Waals surface area contributed by atoms with E-state index < -0.39 is 0 Å². The van der Waals surface area contributed by atoms with E-state index in [0.29, 0.717) is 17.4 Å². The normalized spacial score (nSPS) is 12.0. The molecule has 0 radical (unpaired) electrons. The summed E-state index contributed by atoms with van der Waals surface area (Å²) in [5.74, 6) is 1.46. The number of nitrogens with one attached hydrogen (secondary N) is 2. The monoisotopic (exact) mass is 430 g/mol. The molecular weight excluding hydrogens is 416 g/mol. The van der Waals surface area contributed by atoms with Crippen LogP contribution in [-0.2, 0) is 6.54 Å². The predicted molar refractivity (Wildman–Crippen MR) is 108 cm³/mol. The average Bonchev–Trinajstić information content (AvgIpc) is 3.23. The van der Waals surface area contributed by atoms with Gasteiger partial charge in [-0.2, -0.15) is 5.10 Å². The van der Waals surface area contributed by atoms with Gasteiger partial charge in [-0.3, -0.25) is 4.68 Å². The molecule has 2 heterocycles. The van der Waals surface area contributed by atoms with Crippen molar-refractivity contribution in [3.05, 3.63) is 64.9 Å². The molecule has 2 aromatic carbocycles. The molecule has 0 aliphatic carbocycles. The summed E-state index contributed by atoms with van der Waals surface area (Å²) in [6.07, 6.45) is 3.71. The molecular formula is C18H15BrN4O2S. The van der Waals surface area contributed by atoms with E-state index in [1.165, 1.54) is 0 Å². The van der Waals surface area contributed by atoms with Crippen LogP contribution in [0.2, 0.25) is 0 Å². The zero-order valence-corrected chi connectivity index (χ0v) is 16.0. The zero-order valence-electron chi connectivity index (χ0n) is 13.6. The lowest BCUT2D eigenvalue weighted by Crippen LogP contribution is -2.19. The van der Waals surface area contributed by atoms with Gasteiger partial charge in [0.05, 0.1) is 17.2 Å². The van der Waals surface area contributed by atoms with Crippen molar-refractivity contribution in [2.75, 3.05) is 17.4 Å². The second kappa shape index (κ2) is 7.35. The molecule has 0 atom stereocenters. The van der Waals surface area contributed by atoms with Gasteiger partial charge in [0.25, 0.3) is 0 Å². The molecule has 0 saturated heterocycles. The van der Waals surface area contributed by atoms with Gasteiger partial charge in [0.2, 0.25) is 6.79 Å². The lowest BCUT2D eigenvalue weighted by atomic mass is 10.2. The number of hydrogen-bond donors (Lipinski definition) is 2. The summed E-state index contributed by atoms with van der Waals surface area (Å²) in [6, 6.07) is 13.7. The van der Waals surface area contributed by atoms with Gasteiger partial charge in [-0.1, -0.05) is 12.1 Å². The van der Waals surface area contributed by atoms with Crippen LogP contribution in [0.4, 0.5) is 11.4 Å². The fraction of sp³-hybridized carbons (Fsp3) is 0.111. The number of nitrogens with zero attached hydrogens (tertiary/aromatic N) is 2. The van der Waals surface area contributed by atoms with Crippen LogP contribution in [0.15, 0.2) is 59.3 Å². The van der Waals surface area contributed by atoms with E-state index in [2.05, 4.69) is 37.7 Å². The number of rotatable bonds is 4. The van der Waals surface area contributed by atoms with Crippen LogP contribution in [0, 0.1) is 0 Å². The van der Waals surface area contributed by atoms with Crippen molar-refractivity contribution in [3.8, 4) is 11.5 Å². The molecule has 3 aromatic rings. The van der Waals surface area contributed by atoms with Crippen molar-refractivity contribution in [2.45, 2.75) is 6.54 Å². The van der Waals surface area contributed by atoms with Crippen LogP contribution in [-0.4, -0.2) is 21.7 Å². The van der Waals surface area contributed by atoms with Gasteiger partial charge in [0.15, 0.2) is 16.6 Å². The van der Waals surface area contributed by atoms with E-state index >= 15 is 0 Å². The van der Waals surface area contributed by atoms with Crippen molar-refractivity contribution >= 4 is 44.6 Å². The number of thiocarbonyl (C=S) groups is 1. The Labute approximate surface area is 164 Å². The molecule has 1 aliphatic heterocycles. The highest BCUT2D eigenvalue weighted by Gasteiger charge is 2.13. The maximum Gasteiger partial charge on any atom is 0.231 e. The molecule has 0 spiro atoms. The molecule has 0 unspecified atom stereocenters. The third-order valence-corrected chi connectivity index (χ3v) is 4.38. The Morgan fingerprint density at radius 1 is 1.12 bits per heavy atom. The molecule has 132 valence electrons. The van der Waals surface area contributed by atoms with Crippen LogP contribution in [0.25, 0.3) is 0 Å². The van der Waals surface area contributed by atoms with E-state index in [1.54, 1.807) is 6.20 Å². The maximum absolute atomic E-state index is 5.40. The van der Waals surface area contributed by atoms with Gasteiger partial charge in [0.1, 0.15) is 0 Å². The summed E-state index contributed by atoms with van der Waals surface area (Å²) in [7, 11) is 0. The summed E-state index contributed by atoms with van der Waals surface area (Å²) in [5, 5.41) is 11.1. The minimum atomic E-state index is 0.251. The van der Waals surface area contributed by atoms with Gasteiger partial charge in [-0.05, 0) is 58.0 Å². The van der Waals surface area contributed by atoms with Crippen LogP contribution >= 0.6 is 28.1 Å². The topological polar surface area (TPSA) is 60.3 Å². The first-order valence-corrected chi connectivity index (χ1v) is 9.10. The molecule has 26 heavy (non-hydrogen) atoms. The minimum Gasteiger partial charge on any atom is -0.454 e. The fourth-order valence-corrected chi connectivity index (χ4v) is 3.19. The molecule has 1 aromatic heterocycles. The first-order valence-electron chi connectivity index (χ1n) is 7.90.